The van der Waals surface area contributed by atoms with Crippen molar-refractivity contribution in [2.75, 3.05) is 7.11 Å². The van der Waals surface area contributed by atoms with Gasteiger partial charge in [-0.25, -0.2) is 14.2 Å². The lowest BCUT2D eigenvalue weighted by atomic mass is 10.1. The van der Waals surface area contributed by atoms with Crippen LogP contribution in [-0.4, -0.2) is 22.6 Å². The molecule has 86 valence electrons. The zero-order valence-electron chi connectivity index (χ0n) is 9.11. The van der Waals surface area contributed by atoms with Crippen molar-refractivity contribution in [3.05, 3.63) is 41.5 Å². The molecule has 0 N–H and O–H groups in total. The van der Waals surface area contributed by atoms with Crippen LogP contribution < -0.4 is 0 Å². The number of methoxy groups -OCH3 is 1. The Kier molecular flexibility index (Phi) is 2.01. The van der Waals surface area contributed by atoms with Crippen LogP contribution in [0.5, 0.6) is 0 Å². The van der Waals surface area contributed by atoms with Gasteiger partial charge in [0.25, 0.3) is 0 Å². The third-order valence-corrected chi connectivity index (χ3v) is 2.82. The highest BCUT2D eigenvalue weighted by Gasteiger charge is 2.23. The van der Waals surface area contributed by atoms with Gasteiger partial charge in [0.1, 0.15) is 11.6 Å². The lowest BCUT2D eigenvalue weighted by Crippen LogP contribution is -2.01. The fourth-order valence-electron chi connectivity index (χ4n) is 2.03. The highest BCUT2D eigenvalue weighted by Crippen LogP contribution is 2.31. The second-order valence-corrected chi connectivity index (χ2v) is 3.87. The molecular formula is C12H9FN2O2. The summed E-state index contributed by atoms with van der Waals surface area (Å²) in [7, 11) is 1.31. The summed E-state index contributed by atoms with van der Waals surface area (Å²) in [4.78, 5) is 15.5. The van der Waals surface area contributed by atoms with Gasteiger partial charge in [-0.3, -0.25) is 0 Å². The number of esters is 1. The summed E-state index contributed by atoms with van der Waals surface area (Å²) in [5.74, 6) is -0.176. The molecule has 0 saturated carbocycles. The molecule has 0 atom stereocenters. The number of ether oxygens (including phenoxy) is 1. The number of halogens is 1. The summed E-state index contributed by atoms with van der Waals surface area (Å²) in [6.07, 6.45) is 1.62. The molecule has 1 aliphatic rings. The number of fused-ring (bicyclic) bond motifs is 3. The van der Waals surface area contributed by atoms with E-state index in [9.17, 15) is 9.18 Å². The number of nitrogens with zero attached hydrogens (tertiary/aromatic N) is 2. The topological polar surface area (TPSA) is 44.1 Å². The molecule has 0 unspecified atom stereocenters. The van der Waals surface area contributed by atoms with E-state index in [1.165, 1.54) is 19.2 Å². The number of rotatable bonds is 1. The molecule has 0 aliphatic carbocycles. The van der Waals surface area contributed by atoms with Gasteiger partial charge in [-0.15, -0.1) is 0 Å². The summed E-state index contributed by atoms with van der Waals surface area (Å²) in [5, 5.41) is 0. The van der Waals surface area contributed by atoms with Gasteiger partial charge in [-0.2, -0.15) is 0 Å². The van der Waals surface area contributed by atoms with Crippen molar-refractivity contribution >= 4 is 5.97 Å². The Hall–Kier alpha value is -2.17. The van der Waals surface area contributed by atoms with Gasteiger partial charge >= 0.3 is 5.97 Å². The van der Waals surface area contributed by atoms with E-state index in [0.29, 0.717) is 12.4 Å². The summed E-state index contributed by atoms with van der Waals surface area (Å²) in [5.41, 5.74) is 1.99. The van der Waals surface area contributed by atoms with Crippen LogP contribution in [-0.2, 0) is 11.3 Å². The van der Waals surface area contributed by atoms with Crippen LogP contribution in [0.3, 0.4) is 0 Å². The monoisotopic (exact) mass is 232 g/mol. The van der Waals surface area contributed by atoms with Crippen molar-refractivity contribution in [1.29, 1.82) is 0 Å². The predicted octanol–water partition coefficient (Wildman–Crippen LogP) is 1.84. The van der Waals surface area contributed by atoms with E-state index >= 15 is 0 Å². The van der Waals surface area contributed by atoms with E-state index < -0.39 is 5.97 Å². The predicted molar refractivity (Wildman–Crippen MR) is 58.1 cm³/mol. The summed E-state index contributed by atoms with van der Waals surface area (Å²) < 4.78 is 19.6. The van der Waals surface area contributed by atoms with Gasteiger partial charge in [0, 0.05) is 18.3 Å². The van der Waals surface area contributed by atoms with Crippen LogP contribution in [0.2, 0.25) is 0 Å². The normalized spacial score (nSPS) is 12.1. The van der Waals surface area contributed by atoms with E-state index in [4.69, 9.17) is 0 Å². The van der Waals surface area contributed by atoms with Gasteiger partial charge < -0.3 is 9.30 Å². The van der Waals surface area contributed by atoms with Crippen LogP contribution in [0.4, 0.5) is 4.39 Å². The van der Waals surface area contributed by atoms with E-state index in [1.807, 2.05) is 4.57 Å². The molecule has 2 heterocycles. The number of imidazole rings is 1. The number of benzene rings is 1. The Morgan fingerprint density at radius 1 is 1.53 bits per heavy atom. The van der Waals surface area contributed by atoms with Gasteiger partial charge in [0.05, 0.1) is 7.11 Å². The Morgan fingerprint density at radius 3 is 3.12 bits per heavy atom. The molecule has 2 aromatic rings. The lowest BCUT2D eigenvalue weighted by molar-refractivity contribution is 0.0594. The van der Waals surface area contributed by atoms with E-state index in [2.05, 4.69) is 9.72 Å². The smallest absolute Gasteiger partial charge is 0.358 e. The van der Waals surface area contributed by atoms with E-state index in [0.717, 1.165) is 11.1 Å². The van der Waals surface area contributed by atoms with Gasteiger partial charge in [0.15, 0.2) is 5.69 Å². The average molecular weight is 232 g/mol. The molecule has 1 aromatic heterocycles. The quantitative estimate of drug-likeness (QED) is 0.601. The first-order valence-corrected chi connectivity index (χ1v) is 5.13. The SMILES string of the molecule is COC(=O)c1cn2c(n1)-c1cc(F)ccc1C2. The first-order chi connectivity index (χ1) is 8.19. The Morgan fingerprint density at radius 2 is 2.35 bits per heavy atom. The lowest BCUT2D eigenvalue weighted by Gasteiger charge is -1.97. The summed E-state index contributed by atoms with van der Waals surface area (Å²) in [6.45, 7) is 0.606. The van der Waals surface area contributed by atoms with Crippen LogP contribution >= 0.6 is 0 Å². The molecule has 0 bridgehead atoms. The number of hydrogen-bond acceptors (Lipinski definition) is 3. The van der Waals surface area contributed by atoms with Crippen molar-refractivity contribution in [2.24, 2.45) is 0 Å². The maximum Gasteiger partial charge on any atom is 0.358 e. The van der Waals surface area contributed by atoms with Crippen molar-refractivity contribution in [3.63, 3.8) is 0 Å². The minimum Gasteiger partial charge on any atom is -0.464 e. The summed E-state index contributed by atoms with van der Waals surface area (Å²) >= 11 is 0. The van der Waals surface area contributed by atoms with Gasteiger partial charge in [-0.05, 0) is 17.7 Å². The van der Waals surface area contributed by atoms with E-state index in [-0.39, 0.29) is 11.5 Å². The Labute approximate surface area is 96.7 Å². The second kappa shape index (κ2) is 3.41. The minimum absolute atomic E-state index is 0.248. The van der Waals surface area contributed by atoms with Crippen LogP contribution in [0, 0.1) is 5.82 Å². The zero-order chi connectivity index (χ0) is 12.0. The second-order valence-electron chi connectivity index (χ2n) is 3.87. The standard InChI is InChI=1S/C12H9FN2O2/c1-17-12(16)10-6-15-5-7-2-3-8(13)4-9(7)11(15)14-10/h2-4,6H,5H2,1H3. The molecule has 0 fully saturated rings. The Balaban J connectivity index is 2.11. The number of carbonyl (C=O) groups is 1. The minimum atomic E-state index is -0.482. The maximum absolute atomic E-state index is 13.2. The maximum atomic E-state index is 13.2. The summed E-state index contributed by atoms with van der Waals surface area (Å²) in [6, 6.07) is 4.59. The third kappa shape index (κ3) is 1.43. The molecule has 1 aliphatic heterocycles. The van der Waals surface area contributed by atoms with Crippen molar-refractivity contribution in [1.82, 2.24) is 9.55 Å². The van der Waals surface area contributed by atoms with Gasteiger partial charge in [0.2, 0.25) is 0 Å². The third-order valence-electron chi connectivity index (χ3n) is 2.82. The molecule has 3 rings (SSSR count). The highest BCUT2D eigenvalue weighted by molar-refractivity contribution is 5.88. The Bertz CT molecular complexity index is 619. The van der Waals surface area contributed by atoms with Crippen molar-refractivity contribution < 1.29 is 13.9 Å². The number of hydrogen-bond donors (Lipinski definition) is 0. The fourth-order valence-corrected chi connectivity index (χ4v) is 2.03. The molecule has 0 amide bonds. The molecule has 0 spiro atoms. The van der Waals surface area contributed by atoms with Crippen LogP contribution in [0.1, 0.15) is 16.1 Å². The van der Waals surface area contributed by atoms with Crippen LogP contribution in [0.15, 0.2) is 24.4 Å². The van der Waals surface area contributed by atoms with Crippen molar-refractivity contribution in [3.8, 4) is 11.4 Å². The molecular weight excluding hydrogens is 223 g/mol. The van der Waals surface area contributed by atoms with Crippen LogP contribution in [0.25, 0.3) is 11.4 Å². The molecule has 5 heteroatoms. The average Bonchev–Trinajstić information content (AvgIpc) is 2.86. The molecule has 17 heavy (non-hydrogen) atoms. The number of aromatic nitrogens is 2. The molecule has 1 aromatic carbocycles. The largest absolute Gasteiger partial charge is 0.464 e. The first-order valence-electron chi connectivity index (χ1n) is 5.13. The van der Waals surface area contributed by atoms with Crippen molar-refractivity contribution in [2.45, 2.75) is 6.54 Å². The number of carbonyl (C=O) groups excluding carboxylic acids is 1. The highest BCUT2D eigenvalue weighted by atomic mass is 19.1. The first kappa shape index (κ1) is 10.0. The molecule has 0 radical (unpaired) electrons. The molecule has 4 nitrogen and oxygen atoms in total. The van der Waals surface area contributed by atoms with E-state index in [1.54, 1.807) is 12.3 Å². The van der Waals surface area contributed by atoms with Gasteiger partial charge in [-0.1, -0.05) is 6.07 Å². The zero-order valence-corrected chi connectivity index (χ0v) is 9.11. The molecule has 0 saturated heterocycles. The fraction of sp³-hybridized carbons (Fsp3) is 0.167.